The molecule has 3 aromatic carbocycles. The zero-order chi connectivity index (χ0) is 30.5. The molecule has 0 radical (unpaired) electrons. The molecule has 1 unspecified atom stereocenters. The van der Waals surface area contributed by atoms with E-state index in [1.807, 2.05) is 91.2 Å². The normalized spacial score (nSPS) is 13.4. The van der Waals surface area contributed by atoms with Crippen molar-refractivity contribution >= 4 is 22.8 Å². The van der Waals surface area contributed by atoms with Crippen LogP contribution in [0.5, 0.6) is 11.5 Å². The van der Waals surface area contributed by atoms with E-state index in [-0.39, 0.29) is 6.61 Å². The van der Waals surface area contributed by atoms with Gasteiger partial charge in [-0.1, -0.05) is 42.0 Å². The summed E-state index contributed by atoms with van der Waals surface area (Å²) >= 11 is 0. The van der Waals surface area contributed by atoms with E-state index in [4.69, 9.17) is 14.2 Å². The Morgan fingerprint density at radius 3 is 2.49 bits per heavy atom. The van der Waals surface area contributed by atoms with Crippen LogP contribution < -0.4 is 9.47 Å². The zero-order valence-electron chi connectivity index (χ0n) is 25.3. The Kier molecular flexibility index (Phi) is 9.19. The molecule has 0 bridgehead atoms. The van der Waals surface area contributed by atoms with Crippen molar-refractivity contribution in [3.63, 3.8) is 0 Å². The van der Waals surface area contributed by atoms with Crippen molar-refractivity contribution in [3.05, 3.63) is 95.2 Å². The smallest absolute Gasteiger partial charge is 0.355 e. The molecule has 1 heterocycles. The van der Waals surface area contributed by atoms with Gasteiger partial charge in [0, 0.05) is 23.0 Å². The van der Waals surface area contributed by atoms with E-state index in [1.165, 1.54) is 12.8 Å². The van der Waals surface area contributed by atoms with E-state index in [1.54, 1.807) is 14.0 Å². The minimum absolute atomic E-state index is 0.221. The van der Waals surface area contributed by atoms with Gasteiger partial charge in [0.15, 0.2) is 0 Å². The van der Waals surface area contributed by atoms with Gasteiger partial charge in [0.25, 0.3) is 0 Å². The van der Waals surface area contributed by atoms with Crippen molar-refractivity contribution in [2.45, 2.75) is 52.5 Å². The number of rotatable bonds is 13. The number of methoxy groups -OCH3 is 1. The number of aromatic nitrogens is 1. The standard InChI is InChI=1S/C36H39NO6/c1-5-42-36(40)34-33(27-9-7-11-29(19-27)43-22-24-13-14-24)31-20-26(30(35(38)39)16-12-23(2)3)15-17-32(31)37(34)21-25-8-6-10-28(18-25)41-4/h6-12,15,17-20,24,30H,5,13-14,16,21-22H2,1-4H3,(H,38,39). The number of carbonyl (C=O) groups is 2. The first-order valence-electron chi connectivity index (χ1n) is 14.8. The fourth-order valence-electron chi connectivity index (χ4n) is 5.38. The van der Waals surface area contributed by atoms with Gasteiger partial charge in [0.1, 0.15) is 17.2 Å². The Balaban J connectivity index is 1.74. The maximum atomic E-state index is 13.8. The SMILES string of the molecule is CCOC(=O)c1c(-c2cccc(OCC3CC3)c2)c2cc(C(CC=C(C)C)C(=O)O)ccc2n1Cc1cccc(OC)c1. The average molecular weight is 582 g/mol. The number of benzene rings is 3. The molecule has 0 saturated heterocycles. The Morgan fingerprint density at radius 2 is 1.79 bits per heavy atom. The number of fused-ring (bicyclic) bond motifs is 1. The number of esters is 1. The second-order valence-corrected chi connectivity index (χ2v) is 11.3. The molecule has 7 heteroatoms. The number of aliphatic carboxylic acids is 1. The fourth-order valence-corrected chi connectivity index (χ4v) is 5.38. The van der Waals surface area contributed by atoms with Crippen LogP contribution in [0.25, 0.3) is 22.0 Å². The number of carbonyl (C=O) groups excluding carboxylic acids is 1. The molecule has 7 nitrogen and oxygen atoms in total. The molecule has 1 fully saturated rings. The van der Waals surface area contributed by atoms with Gasteiger partial charge in [-0.3, -0.25) is 4.79 Å². The summed E-state index contributed by atoms with van der Waals surface area (Å²) in [5, 5.41) is 11.0. The summed E-state index contributed by atoms with van der Waals surface area (Å²) in [5.74, 6) is -0.0145. The quantitative estimate of drug-likeness (QED) is 0.128. The van der Waals surface area contributed by atoms with Crippen molar-refractivity contribution in [2.75, 3.05) is 20.3 Å². The third kappa shape index (κ3) is 6.94. The third-order valence-electron chi connectivity index (χ3n) is 7.80. The summed E-state index contributed by atoms with van der Waals surface area (Å²) in [4.78, 5) is 26.2. The largest absolute Gasteiger partial charge is 0.497 e. The molecule has 1 atom stereocenters. The summed E-state index contributed by atoms with van der Waals surface area (Å²) < 4.78 is 19.2. The molecule has 43 heavy (non-hydrogen) atoms. The van der Waals surface area contributed by atoms with Crippen molar-refractivity contribution in [2.24, 2.45) is 5.92 Å². The van der Waals surface area contributed by atoms with Crippen molar-refractivity contribution < 1.29 is 28.9 Å². The highest BCUT2D eigenvalue weighted by atomic mass is 16.5. The molecule has 224 valence electrons. The van der Waals surface area contributed by atoms with Crippen LogP contribution in [0.3, 0.4) is 0 Å². The minimum atomic E-state index is -0.893. The van der Waals surface area contributed by atoms with Crippen LogP contribution in [-0.4, -0.2) is 41.9 Å². The first-order chi connectivity index (χ1) is 20.8. The van der Waals surface area contributed by atoms with Gasteiger partial charge in [-0.05, 0) is 99.0 Å². The van der Waals surface area contributed by atoms with Gasteiger partial charge in [0.2, 0.25) is 0 Å². The van der Waals surface area contributed by atoms with Gasteiger partial charge >= 0.3 is 11.9 Å². The number of hydrogen-bond acceptors (Lipinski definition) is 5. The van der Waals surface area contributed by atoms with Crippen LogP contribution in [0.15, 0.2) is 78.4 Å². The molecule has 1 N–H and O–H groups in total. The molecule has 1 aliphatic rings. The molecule has 0 spiro atoms. The van der Waals surface area contributed by atoms with E-state index >= 15 is 0 Å². The summed E-state index contributed by atoms with van der Waals surface area (Å²) in [6.45, 7) is 6.99. The number of hydrogen-bond donors (Lipinski definition) is 1. The lowest BCUT2D eigenvalue weighted by Crippen LogP contribution is -2.14. The highest BCUT2D eigenvalue weighted by Gasteiger charge is 2.28. The van der Waals surface area contributed by atoms with Crippen LogP contribution in [0.1, 0.15) is 67.6 Å². The molecule has 1 aliphatic carbocycles. The lowest BCUT2D eigenvalue weighted by molar-refractivity contribution is -0.138. The van der Waals surface area contributed by atoms with Crippen molar-refractivity contribution in [1.82, 2.24) is 4.57 Å². The summed E-state index contributed by atoms with van der Waals surface area (Å²) in [5.41, 5.74) is 5.40. The monoisotopic (exact) mass is 581 g/mol. The highest BCUT2D eigenvalue weighted by molar-refractivity contribution is 6.09. The van der Waals surface area contributed by atoms with E-state index in [2.05, 4.69) is 0 Å². The molecular weight excluding hydrogens is 542 g/mol. The van der Waals surface area contributed by atoms with Gasteiger partial charge in [-0.15, -0.1) is 0 Å². The second kappa shape index (κ2) is 13.2. The molecule has 1 saturated carbocycles. The summed E-state index contributed by atoms with van der Waals surface area (Å²) in [6, 6.07) is 21.2. The van der Waals surface area contributed by atoms with E-state index < -0.39 is 17.9 Å². The number of carboxylic acids is 1. The summed E-state index contributed by atoms with van der Waals surface area (Å²) in [6.07, 6.45) is 4.69. The summed E-state index contributed by atoms with van der Waals surface area (Å²) in [7, 11) is 1.63. The topological polar surface area (TPSA) is 87.0 Å². The number of nitrogens with zero attached hydrogens (tertiary/aromatic N) is 1. The Morgan fingerprint density at radius 1 is 1.02 bits per heavy atom. The number of carboxylic acid groups (broad SMARTS) is 1. The minimum Gasteiger partial charge on any atom is -0.497 e. The fraction of sp³-hybridized carbons (Fsp3) is 0.333. The second-order valence-electron chi connectivity index (χ2n) is 11.3. The third-order valence-corrected chi connectivity index (χ3v) is 7.80. The van der Waals surface area contributed by atoms with Gasteiger partial charge in [-0.25, -0.2) is 4.79 Å². The molecular formula is C36H39NO6. The van der Waals surface area contributed by atoms with Crippen molar-refractivity contribution in [1.29, 1.82) is 0 Å². The van der Waals surface area contributed by atoms with Gasteiger partial charge in [0.05, 0.1) is 26.2 Å². The lowest BCUT2D eigenvalue weighted by Gasteiger charge is -2.13. The lowest BCUT2D eigenvalue weighted by atomic mass is 9.92. The van der Waals surface area contributed by atoms with E-state index in [0.29, 0.717) is 42.3 Å². The maximum absolute atomic E-state index is 13.8. The van der Waals surface area contributed by atoms with Crippen LogP contribution in [-0.2, 0) is 16.1 Å². The molecule has 0 amide bonds. The van der Waals surface area contributed by atoms with Crippen LogP contribution in [0.4, 0.5) is 0 Å². The zero-order valence-corrected chi connectivity index (χ0v) is 25.3. The van der Waals surface area contributed by atoms with Crippen molar-refractivity contribution in [3.8, 4) is 22.6 Å². The molecule has 0 aliphatic heterocycles. The predicted octanol–water partition coefficient (Wildman–Crippen LogP) is 7.86. The van der Waals surface area contributed by atoms with Crippen LogP contribution in [0.2, 0.25) is 0 Å². The van der Waals surface area contributed by atoms with Gasteiger partial charge in [-0.2, -0.15) is 0 Å². The van der Waals surface area contributed by atoms with Crippen LogP contribution in [0, 0.1) is 5.92 Å². The molecule has 5 rings (SSSR count). The first kappa shape index (κ1) is 30.0. The van der Waals surface area contributed by atoms with Gasteiger partial charge < -0.3 is 23.9 Å². The van der Waals surface area contributed by atoms with E-state index in [9.17, 15) is 14.7 Å². The Hall–Kier alpha value is -4.52. The molecule has 4 aromatic rings. The Bertz CT molecular complexity index is 1660. The van der Waals surface area contributed by atoms with E-state index in [0.717, 1.165) is 39.1 Å². The average Bonchev–Trinajstić information content (AvgIpc) is 3.77. The molecule has 1 aromatic heterocycles. The van der Waals surface area contributed by atoms with Crippen LogP contribution >= 0.6 is 0 Å². The predicted molar refractivity (Wildman–Crippen MR) is 168 cm³/mol. The Labute approximate surface area is 252 Å². The maximum Gasteiger partial charge on any atom is 0.355 e. The highest BCUT2D eigenvalue weighted by Crippen LogP contribution is 2.40. The number of ether oxygens (including phenoxy) is 3. The first-order valence-corrected chi connectivity index (χ1v) is 14.8. The number of allylic oxidation sites excluding steroid dienone is 2.